The zero-order valence-electron chi connectivity index (χ0n) is 18.2. The largest absolute Gasteiger partial charge is 0.489 e. The smallest absolute Gasteiger partial charge is 0.340 e. The number of carbonyl (C=O) groups is 2. The summed E-state index contributed by atoms with van der Waals surface area (Å²) in [4.78, 5) is 36.1. The lowest BCUT2D eigenvalue weighted by atomic mass is 9.77. The van der Waals surface area contributed by atoms with Crippen molar-refractivity contribution in [3.63, 3.8) is 0 Å². The second-order valence-corrected chi connectivity index (χ2v) is 8.73. The third-order valence-electron chi connectivity index (χ3n) is 5.71. The van der Waals surface area contributed by atoms with Crippen LogP contribution in [0, 0.1) is 10.1 Å². The molecule has 1 atom stereocenters. The van der Waals surface area contributed by atoms with Crippen LogP contribution >= 0.6 is 15.9 Å². The van der Waals surface area contributed by atoms with Gasteiger partial charge in [-0.3, -0.25) is 14.9 Å². The summed E-state index contributed by atoms with van der Waals surface area (Å²) in [6, 6.07) is 11.3. The number of hydrogen-bond acceptors (Lipinski definition) is 8. The number of ketones is 1. The van der Waals surface area contributed by atoms with Crippen LogP contribution in [0.3, 0.4) is 0 Å². The van der Waals surface area contributed by atoms with Gasteiger partial charge in [0.1, 0.15) is 23.7 Å². The van der Waals surface area contributed by atoms with Gasteiger partial charge in [0, 0.05) is 40.6 Å². The molecule has 0 fully saturated rings. The predicted molar refractivity (Wildman–Crippen MR) is 125 cm³/mol. The van der Waals surface area contributed by atoms with Gasteiger partial charge >= 0.3 is 5.97 Å². The van der Waals surface area contributed by atoms with Gasteiger partial charge in [-0.05, 0) is 42.3 Å². The molecule has 1 aliphatic carbocycles. The third kappa shape index (κ3) is 4.54. The fraction of sp³-hybridized carbons (Fsp3) is 0.250. The van der Waals surface area contributed by atoms with Crippen LogP contribution in [-0.2, 0) is 25.7 Å². The third-order valence-corrected chi connectivity index (χ3v) is 6.21. The molecule has 0 radical (unpaired) electrons. The minimum Gasteiger partial charge on any atom is -0.489 e. The van der Waals surface area contributed by atoms with E-state index in [1.807, 2.05) is 0 Å². The van der Waals surface area contributed by atoms with Gasteiger partial charge in [-0.2, -0.15) is 0 Å². The number of non-ortho nitro benzene ring substituents is 1. The number of halogens is 1. The van der Waals surface area contributed by atoms with Crippen molar-refractivity contribution in [2.75, 3.05) is 7.11 Å². The molecule has 0 unspecified atom stereocenters. The van der Waals surface area contributed by atoms with E-state index in [1.165, 1.54) is 19.2 Å². The molecule has 0 spiro atoms. The normalized spacial score (nSPS) is 17.7. The molecule has 0 saturated carbocycles. The van der Waals surface area contributed by atoms with Crippen LogP contribution in [0.2, 0.25) is 0 Å². The van der Waals surface area contributed by atoms with E-state index >= 15 is 0 Å². The molecule has 4 rings (SSSR count). The summed E-state index contributed by atoms with van der Waals surface area (Å²) in [6.07, 6.45) is 1.49. The molecule has 0 aromatic heterocycles. The van der Waals surface area contributed by atoms with E-state index in [0.29, 0.717) is 51.9 Å². The van der Waals surface area contributed by atoms with Crippen LogP contribution in [0.5, 0.6) is 5.75 Å². The zero-order valence-corrected chi connectivity index (χ0v) is 19.8. The maximum absolute atomic E-state index is 13.0. The van der Waals surface area contributed by atoms with Crippen molar-refractivity contribution in [1.29, 1.82) is 0 Å². The van der Waals surface area contributed by atoms with Gasteiger partial charge in [-0.25, -0.2) is 4.79 Å². The highest BCUT2D eigenvalue weighted by Crippen LogP contribution is 2.47. The summed E-state index contributed by atoms with van der Waals surface area (Å²) in [5, 5.41) is 10.9. The van der Waals surface area contributed by atoms with Gasteiger partial charge in [-0.1, -0.05) is 15.9 Å². The van der Waals surface area contributed by atoms with E-state index in [0.717, 1.165) is 0 Å². The summed E-state index contributed by atoms with van der Waals surface area (Å²) < 4.78 is 17.4. The number of nitro benzene ring substituents is 1. The first-order valence-corrected chi connectivity index (χ1v) is 11.3. The molecule has 0 bridgehead atoms. The van der Waals surface area contributed by atoms with E-state index in [9.17, 15) is 19.7 Å². The van der Waals surface area contributed by atoms with Crippen molar-refractivity contribution in [3.8, 4) is 5.75 Å². The fourth-order valence-corrected chi connectivity index (χ4v) is 4.51. The highest BCUT2D eigenvalue weighted by Gasteiger charge is 2.42. The second kappa shape index (κ2) is 9.68. The molecule has 1 aliphatic heterocycles. The minimum absolute atomic E-state index is 0.0195. The summed E-state index contributed by atoms with van der Waals surface area (Å²) in [6.45, 7) is 0.114. The molecule has 2 aromatic rings. The van der Waals surface area contributed by atoms with Crippen molar-refractivity contribution < 1.29 is 28.7 Å². The van der Waals surface area contributed by atoms with E-state index in [1.54, 1.807) is 30.3 Å². The highest BCUT2D eigenvalue weighted by atomic mass is 79.9. The Morgan fingerprint density at radius 1 is 1.24 bits per heavy atom. The summed E-state index contributed by atoms with van der Waals surface area (Å²) in [5.41, 5.74) is 7.78. The number of benzene rings is 2. The van der Waals surface area contributed by atoms with E-state index in [4.69, 9.17) is 19.9 Å². The summed E-state index contributed by atoms with van der Waals surface area (Å²) in [5.74, 6) is -0.879. The molecular formula is C24H21BrN2O7. The van der Waals surface area contributed by atoms with Crippen molar-refractivity contribution in [2.24, 2.45) is 5.73 Å². The van der Waals surface area contributed by atoms with Gasteiger partial charge in [-0.15, -0.1) is 0 Å². The Bertz CT molecular complexity index is 1230. The quantitative estimate of drug-likeness (QED) is 0.331. The van der Waals surface area contributed by atoms with Crippen molar-refractivity contribution in [1.82, 2.24) is 0 Å². The Morgan fingerprint density at radius 3 is 2.65 bits per heavy atom. The summed E-state index contributed by atoms with van der Waals surface area (Å²) in [7, 11) is 1.24. The first-order chi connectivity index (χ1) is 16.3. The van der Waals surface area contributed by atoms with E-state index in [2.05, 4.69) is 15.9 Å². The topological polar surface area (TPSA) is 131 Å². The van der Waals surface area contributed by atoms with E-state index in [-0.39, 0.29) is 29.5 Å². The second-order valence-electron chi connectivity index (χ2n) is 7.81. The van der Waals surface area contributed by atoms with Crippen molar-refractivity contribution >= 4 is 33.4 Å². The van der Waals surface area contributed by atoms with Crippen molar-refractivity contribution in [3.05, 3.63) is 91.0 Å². The van der Waals surface area contributed by atoms with Gasteiger partial charge in [0.05, 0.1) is 18.0 Å². The maximum Gasteiger partial charge on any atom is 0.340 e. The number of nitro groups is 1. The van der Waals surface area contributed by atoms with Crippen LogP contribution < -0.4 is 10.5 Å². The Labute approximate surface area is 203 Å². The van der Waals surface area contributed by atoms with Crippen LogP contribution in [0.4, 0.5) is 5.69 Å². The van der Waals surface area contributed by atoms with Crippen LogP contribution in [0.25, 0.3) is 0 Å². The summed E-state index contributed by atoms with van der Waals surface area (Å²) >= 11 is 3.46. The molecule has 10 heteroatoms. The van der Waals surface area contributed by atoms with Gasteiger partial charge < -0.3 is 19.9 Å². The van der Waals surface area contributed by atoms with E-state index < -0.39 is 16.8 Å². The Hall–Kier alpha value is -3.66. The lowest BCUT2D eigenvalue weighted by Crippen LogP contribution is -2.31. The molecule has 2 aliphatic rings. The van der Waals surface area contributed by atoms with Crippen LogP contribution in [0.1, 0.15) is 36.3 Å². The number of carbonyl (C=O) groups excluding carboxylic acids is 2. The fourth-order valence-electron chi connectivity index (χ4n) is 4.13. The molecule has 0 amide bonds. The SMILES string of the molecule is COC(=O)C1=C(N)OC2=C(C(=O)CCC2)[C@@H]1c1cc(Br)ccc1OCc1ccc([N+](=O)[O-])cc1. The number of nitrogens with zero attached hydrogens (tertiary/aromatic N) is 1. The monoisotopic (exact) mass is 528 g/mol. The molecule has 2 aromatic carbocycles. The van der Waals surface area contributed by atoms with Crippen LogP contribution in [-0.4, -0.2) is 23.8 Å². The lowest BCUT2D eigenvalue weighted by Gasteiger charge is -2.33. The van der Waals surface area contributed by atoms with Gasteiger partial charge in [0.25, 0.3) is 5.69 Å². The van der Waals surface area contributed by atoms with Gasteiger partial charge in [0.2, 0.25) is 5.88 Å². The Morgan fingerprint density at radius 2 is 1.97 bits per heavy atom. The van der Waals surface area contributed by atoms with Crippen molar-refractivity contribution in [2.45, 2.75) is 31.8 Å². The Balaban J connectivity index is 1.76. The number of ether oxygens (including phenoxy) is 3. The highest BCUT2D eigenvalue weighted by molar-refractivity contribution is 9.10. The maximum atomic E-state index is 13.0. The number of rotatable bonds is 6. The number of nitrogens with two attached hydrogens (primary N) is 1. The Kier molecular flexibility index (Phi) is 6.69. The predicted octanol–water partition coefficient (Wildman–Crippen LogP) is 4.40. The number of allylic oxidation sites excluding steroid dienone is 2. The number of hydrogen-bond donors (Lipinski definition) is 1. The number of methoxy groups -OCH3 is 1. The molecular weight excluding hydrogens is 508 g/mol. The number of Topliss-reactive ketones (excluding diaryl/α,β-unsaturated/α-hetero) is 1. The molecule has 0 saturated heterocycles. The molecule has 2 N–H and O–H groups in total. The molecule has 1 heterocycles. The molecule has 34 heavy (non-hydrogen) atoms. The standard InChI is InChI=1S/C24H21BrN2O7/c1-32-24(29)22-20(21-17(28)3-2-4-19(21)34-23(22)26)16-11-14(25)7-10-18(16)33-12-13-5-8-15(9-6-13)27(30)31/h5-11,20H,2-4,12,26H2,1H3/t20-/m0/s1. The van der Waals surface area contributed by atoms with Crippen LogP contribution in [0.15, 0.2) is 69.7 Å². The number of esters is 1. The zero-order chi connectivity index (χ0) is 24.4. The molecule has 9 nitrogen and oxygen atoms in total. The lowest BCUT2D eigenvalue weighted by molar-refractivity contribution is -0.384. The van der Waals surface area contributed by atoms with Gasteiger partial charge in [0.15, 0.2) is 5.78 Å². The average molecular weight is 529 g/mol. The minimum atomic E-state index is -0.826. The first kappa shape index (κ1) is 23.5. The average Bonchev–Trinajstić information content (AvgIpc) is 2.82. The first-order valence-electron chi connectivity index (χ1n) is 10.5. The molecule has 176 valence electrons.